The smallest absolute Gasteiger partial charge is 0.242 e. The first-order valence-corrected chi connectivity index (χ1v) is 8.26. The van der Waals surface area contributed by atoms with Crippen LogP contribution < -0.4 is 10.5 Å². The number of hydrogen-bond acceptors (Lipinski definition) is 4. The normalized spacial score (nSPS) is 22.6. The molecule has 7 heteroatoms. The second-order valence-electron chi connectivity index (χ2n) is 4.88. The van der Waals surface area contributed by atoms with Crippen molar-refractivity contribution in [3.05, 3.63) is 28.8 Å². The van der Waals surface area contributed by atoms with E-state index in [1.54, 1.807) is 0 Å². The van der Waals surface area contributed by atoms with Gasteiger partial charge in [-0.15, -0.1) is 0 Å². The number of nitriles is 1. The van der Waals surface area contributed by atoms with Crippen LogP contribution >= 0.6 is 11.6 Å². The summed E-state index contributed by atoms with van der Waals surface area (Å²) in [5.74, 6) is 0.148. The third kappa shape index (κ3) is 2.96. The van der Waals surface area contributed by atoms with Crippen LogP contribution in [0, 0.1) is 17.2 Å². The average Bonchev–Trinajstić information content (AvgIpc) is 2.84. The molecular weight excluding hydrogens is 298 g/mol. The molecule has 0 aliphatic heterocycles. The summed E-state index contributed by atoms with van der Waals surface area (Å²) in [5.41, 5.74) is 5.63. The molecule has 1 aliphatic rings. The van der Waals surface area contributed by atoms with Crippen molar-refractivity contribution >= 4 is 21.6 Å². The Morgan fingerprint density at radius 2 is 2.20 bits per heavy atom. The lowest BCUT2D eigenvalue weighted by atomic mass is 10.1. The van der Waals surface area contributed by atoms with E-state index in [0.717, 1.165) is 19.3 Å². The quantitative estimate of drug-likeness (QED) is 0.882. The maximum absolute atomic E-state index is 12.4. The van der Waals surface area contributed by atoms with Crippen LogP contribution in [-0.4, -0.2) is 21.0 Å². The van der Waals surface area contributed by atoms with Crippen LogP contribution in [0.25, 0.3) is 0 Å². The van der Waals surface area contributed by atoms with Crippen molar-refractivity contribution in [3.63, 3.8) is 0 Å². The van der Waals surface area contributed by atoms with Gasteiger partial charge in [0.05, 0.1) is 10.6 Å². The molecule has 0 amide bonds. The number of benzene rings is 1. The largest absolute Gasteiger partial charge is 0.330 e. The first kappa shape index (κ1) is 15.3. The second kappa shape index (κ2) is 6.10. The molecule has 108 valence electrons. The molecule has 0 spiro atoms. The summed E-state index contributed by atoms with van der Waals surface area (Å²) in [7, 11) is -3.76. The van der Waals surface area contributed by atoms with Crippen LogP contribution in [0.1, 0.15) is 24.8 Å². The Morgan fingerprint density at radius 3 is 2.85 bits per heavy atom. The molecule has 1 aliphatic carbocycles. The van der Waals surface area contributed by atoms with Gasteiger partial charge in [0, 0.05) is 6.04 Å². The molecule has 1 aromatic rings. The zero-order valence-electron chi connectivity index (χ0n) is 10.8. The highest BCUT2D eigenvalue weighted by Crippen LogP contribution is 2.28. The van der Waals surface area contributed by atoms with Gasteiger partial charge in [0.2, 0.25) is 10.0 Å². The van der Waals surface area contributed by atoms with Crippen LogP contribution in [0.4, 0.5) is 0 Å². The minimum Gasteiger partial charge on any atom is -0.330 e. The van der Waals surface area contributed by atoms with E-state index in [1.165, 1.54) is 18.2 Å². The summed E-state index contributed by atoms with van der Waals surface area (Å²) in [5, 5.41) is 9.21. The van der Waals surface area contributed by atoms with E-state index in [1.807, 2.05) is 6.07 Å². The van der Waals surface area contributed by atoms with Crippen molar-refractivity contribution in [1.29, 1.82) is 5.26 Å². The maximum Gasteiger partial charge on any atom is 0.242 e. The second-order valence-corrected chi connectivity index (χ2v) is 6.97. The Bertz CT molecular complexity index is 640. The molecule has 1 saturated carbocycles. The monoisotopic (exact) mass is 313 g/mol. The minimum absolute atomic E-state index is 0.0241. The molecule has 0 unspecified atom stereocenters. The molecule has 0 aromatic heterocycles. The minimum atomic E-state index is -3.76. The van der Waals surface area contributed by atoms with Crippen molar-refractivity contribution < 1.29 is 8.42 Å². The zero-order valence-corrected chi connectivity index (χ0v) is 12.4. The van der Waals surface area contributed by atoms with Crippen LogP contribution in [0.2, 0.25) is 5.02 Å². The average molecular weight is 314 g/mol. The third-order valence-corrected chi connectivity index (χ3v) is 5.49. The predicted octanol–water partition coefficient (Wildman–Crippen LogP) is 1.62. The SMILES string of the molecule is N#Cc1c(Cl)cccc1S(=O)(=O)N[C@H]1CCC[C@H]1CN. The summed E-state index contributed by atoms with van der Waals surface area (Å²) in [6.07, 6.45) is 2.64. The van der Waals surface area contributed by atoms with E-state index in [9.17, 15) is 8.42 Å². The molecule has 0 heterocycles. The molecule has 0 radical (unpaired) electrons. The molecule has 0 bridgehead atoms. The van der Waals surface area contributed by atoms with Gasteiger partial charge in [-0.2, -0.15) is 5.26 Å². The Labute approximate surface area is 123 Å². The summed E-state index contributed by atoms with van der Waals surface area (Å²) >= 11 is 5.87. The van der Waals surface area contributed by atoms with E-state index in [4.69, 9.17) is 22.6 Å². The fraction of sp³-hybridized carbons (Fsp3) is 0.462. The van der Waals surface area contributed by atoms with Gasteiger partial charge in [-0.05, 0) is 37.4 Å². The molecule has 0 saturated heterocycles. The first-order chi connectivity index (χ1) is 9.49. The van der Waals surface area contributed by atoms with Crippen LogP contribution in [0.15, 0.2) is 23.1 Å². The highest BCUT2D eigenvalue weighted by atomic mass is 35.5. The van der Waals surface area contributed by atoms with Gasteiger partial charge in [-0.3, -0.25) is 0 Å². The Balaban J connectivity index is 2.32. The Hall–Kier alpha value is -1.13. The number of halogens is 1. The summed E-state index contributed by atoms with van der Waals surface area (Å²) in [4.78, 5) is -0.0739. The van der Waals surface area contributed by atoms with Gasteiger partial charge >= 0.3 is 0 Å². The lowest BCUT2D eigenvalue weighted by Gasteiger charge is -2.19. The van der Waals surface area contributed by atoms with Crippen molar-refractivity contribution in [3.8, 4) is 6.07 Å². The van der Waals surface area contributed by atoms with Crippen molar-refractivity contribution in [1.82, 2.24) is 4.72 Å². The summed E-state index contributed by atoms with van der Waals surface area (Å²) < 4.78 is 27.5. The van der Waals surface area contributed by atoms with Crippen LogP contribution in [0.5, 0.6) is 0 Å². The van der Waals surface area contributed by atoms with Gasteiger partial charge in [-0.25, -0.2) is 13.1 Å². The van der Waals surface area contributed by atoms with Gasteiger partial charge in [0.25, 0.3) is 0 Å². The van der Waals surface area contributed by atoms with Crippen molar-refractivity contribution in [2.45, 2.75) is 30.2 Å². The predicted molar refractivity (Wildman–Crippen MR) is 76.7 cm³/mol. The molecule has 2 atom stereocenters. The van der Waals surface area contributed by atoms with Crippen molar-refractivity contribution in [2.24, 2.45) is 11.7 Å². The molecule has 5 nitrogen and oxygen atoms in total. The van der Waals surface area contributed by atoms with Gasteiger partial charge in [0.15, 0.2) is 0 Å². The lowest BCUT2D eigenvalue weighted by Crippen LogP contribution is -2.40. The molecule has 1 aromatic carbocycles. The zero-order chi connectivity index (χ0) is 14.8. The number of rotatable bonds is 4. The molecule has 1 fully saturated rings. The Kier molecular flexibility index (Phi) is 4.66. The van der Waals surface area contributed by atoms with E-state index < -0.39 is 10.0 Å². The summed E-state index contributed by atoms with van der Waals surface area (Å²) in [6, 6.07) is 6.08. The van der Waals surface area contributed by atoms with Crippen molar-refractivity contribution in [2.75, 3.05) is 6.54 Å². The fourth-order valence-electron chi connectivity index (χ4n) is 2.57. The molecule has 20 heavy (non-hydrogen) atoms. The first-order valence-electron chi connectivity index (χ1n) is 6.40. The maximum atomic E-state index is 12.4. The van der Waals surface area contributed by atoms with Gasteiger partial charge < -0.3 is 5.73 Å². The van der Waals surface area contributed by atoms with E-state index >= 15 is 0 Å². The topological polar surface area (TPSA) is 96.0 Å². The number of sulfonamides is 1. The fourth-order valence-corrected chi connectivity index (χ4v) is 4.36. The number of hydrogen-bond donors (Lipinski definition) is 2. The molecule has 2 rings (SSSR count). The van der Waals surface area contributed by atoms with Gasteiger partial charge in [0.1, 0.15) is 11.0 Å². The van der Waals surface area contributed by atoms with Crippen LogP contribution in [-0.2, 0) is 10.0 Å². The number of nitrogens with zero attached hydrogens (tertiary/aromatic N) is 1. The third-order valence-electron chi connectivity index (χ3n) is 3.65. The van der Waals surface area contributed by atoms with Gasteiger partial charge in [-0.1, -0.05) is 24.1 Å². The lowest BCUT2D eigenvalue weighted by molar-refractivity contribution is 0.453. The summed E-state index contributed by atoms with van der Waals surface area (Å²) in [6.45, 7) is 0.452. The van der Waals surface area contributed by atoms with E-state index in [-0.39, 0.29) is 27.4 Å². The number of nitrogens with one attached hydrogen (secondary N) is 1. The van der Waals surface area contributed by atoms with E-state index in [2.05, 4.69) is 4.72 Å². The van der Waals surface area contributed by atoms with E-state index in [0.29, 0.717) is 6.54 Å². The van der Waals surface area contributed by atoms with Crippen LogP contribution in [0.3, 0.4) is 0 Å². The standard InChI is InChI=1S/C13H16ClN3O2S/c14-11-4-2-6-13(10(11)8-16)20(18,19)17-12-5-1-3-9(12)7-15/h2,4,6,9,12,17H,1,3,5,7,15H2/t9-,12-/m0/s1. The Morgan fingerprint density at radius 1 is 1.45 bits per heavy atom. The highest BCUT2D eigenvalue weighted by Gasteiger charge is 2.31. The molecular formula is C13H16ClN3O2S. The highest BCUT2D eigenvalue weighted by molar-refractivity contribution is 7.89. The number of nitrogens with two attached hydrogens (primary N) is 1. The molecule has 3 N–H and O–H groups in total.